The zero-order valence-electron chi connectivity index (χ0n) is 10.0. The smallest absolute Gasteiger partial charge is 0.147 e. The Balaban J connectivity index is 2.57. The summed E-state index contributed by atoms with van der Waals surface area (Å²) >= 11 is 0. The van der Waals surface area contributed by atoms with Crippen LogP contribution in [0, 0.1) is 13.8 Å². The molecule has 4 nitrogen and oxygen atoms in total. The number of aryl methyl sites for hydroxylation is 2. The van der Waals surface area contributed by atoms with Crippen molar-refractivity contribution in [1.82, 2.24) is 15.3 Å². The molecule has 1 N–H and O–H groups in total. The molecule has 1 rings (SSSR count). The number of nitrogens with zero attached hydrogens (tertiary/aromatic N) is 3. The van der Waals surface area contributed by atoms with Crippen molar-refractivity contribution in [2.45, 2.75) is 20.3 Å². The Morgan fingerprint density at radius 1 is 1.33 bits per heavy atom. The van der Waals surface area contributed by atoms with Crippen LogP contribution in [0.25, 0.3) is 0 Å². The minimum Gasteiger partial charge on any atom is -0.358 e. The predicted molar refractivity (Wildman–Crippen MR) is 63.3 cm³/mol. The normalized spacial score (nSPS) is 10.4. The van der Waals surface area contributed by atoms with Gasteiger partial charge in [-0.15, -0.1) is 0 Å². The van der Waals surface area contributed by atoms with E-state index in [4.69, 9.17) is 0 Å². The van der Waals surface area contributed by atoms with Crippen molar-refractivity contribution >= 4 is 5.82 Å². The van der Waals surface area contributed by atoms with E-state index in [1.54, 1.807) is 0 Å². The number of rotatable bonds is 5. The summed E-state index contributed by atoms with van der Waals surface area (Å²) in [6.07, 6.45) is 2.95. The van der Waals surface area contributed by atoms with Crippen molar-refractivity contribution in [2.75, 3.05) is 32.1 Å². The molecule has 0 saturated carbocycles. The van der Waals surface area contributed by atoms with Gasteiger partial charge in [0.25, 0.3) is 0 Å². The molecule has 0 aliphatic carbocycles. The Labute approximate surface area is 91.7 Å². The molecule has 1 aromatic rings. The minimum absolute atomic E-state index is 0.953. The molecule has 1 aromatic heterocycles. The van der Waals surface area contributed by atoms with Crippen molar-refractivity contribution in [1.29, 1.82) is 0 Å². The van der Waals surface area contributed by atoms with Gasteiger partial charge in [-0.2, -0.15) is 0 Å². The van der Waals surface area contributed by atoms with Crippen LogP contribution in [0.3, 0.4) is 0 Å². The van der Waals surface area contributed by atoms with Gasteiger partial charge in [0.1, 0.15) is 5.82 Å². The maximum Gasteiger partial charge on any atom is 0.147 e. The first kappa shape index (κ1) is 11.9. The van der Waals surface area contributed by atoms with Gasteiger partial charge in [-0.25, -0.2) is 4.98 Å². The van der Waals surface area contributed by atoms with E-state index < -0.39 is 0 Å². The lowest BCUT2D eigenvalue weighted by atomic mass is 10.3. The molecule has 0 atom stereocenters. The van der Waals surface area contributed by atoms with Crippen LogP contribution in [0.5, 0.6) is 0 Å². The van der Waals surface area contributed by atoms with E-state index in [0.717, 1.165) is 36.7 Å². The lowest BCUT2D eigenvalue weighted by molar-refractivity contribution is 0.707. The van der Waals surface area contributed by atoms with Crippen molar-refractivity contribution < 1.29 is 0 Å². The zero-order chi connectivity index (χ0) is 11.3. The predicted octanol–water partition coefficient (Wildman–Crippen LogP) is 1.14. The van der Waals surface area contributed by atoms with Gasteiger partial charge in [0.15, 0.2) is 0 Å². The fraction of sp³-hybridized carbons (Fsp3) is 0.636. The van der Waals surface area contributed by atoms with Crippen LogP contribution in [0.2, 0.25) is 0 Å². The van der Waals surface area contributed by atoms with Crippen molar-refractivity contribution in [3.05, 3.63) is 17.6 Å². The first-order valence-electron chi connectivity index (χ1n) is 5.31. The van der Waals surface area contributed by atoms with Crippen molar-refractivity contribution in [3.63, 3.8) is 0 Å². The summed E-state index contributed by atoms with van der Waals surface area (Å²) in [5.74, 6) is 0.953. The van der Waals surface area contributed by atoms with E-state index in [9.17, 15) is 0 Å². The second-order valence-corrected chi connectivity index (χ2v) is 3.78. The number of anilines is 1. The maximum absolute atomic E-state index is 4.49. The Morgan fingerprint density at radius 2 is 2.07 bits per heavy atom. The molecule has 0 bridgehead atoms. The number of aromatic nitrogens is 2. The molecular weight excluding hydrogens is 188 g/mol. The van der Waals surface area contributed by atoms with Crippen LogP contribution < -0.4 is 10.2 Å². The van der Waals surface area contributed by atoms with Crippen molar-refractivity contribution in [2.24, 2.45) is 0 Å². The summed E-state index contributed by atoms with van der Waals surface area (Å²) in [5, 5.41) is 3.13. The van der Waals surface area contributed by atoms with Gasteiger partial charge in [-0.05, 0) is 33.9 Å². The number of nitrogens with one attached hydrogen (secondary N) is 1. The summed E-state index contributed by atoms with van der Waals surface area (Å²) in [5.41, 5.74) is 2.01. The van der Waals surface area contributed by atoms with E-state index in [0.29, 0.717) is 0 Å². The molecule has 0 aliphatic heterocycles. The first-order chi connectivity index (χ1) is 7.15. The quantitative estimate of drug-likeness (QED) is 0.737. The summed E-state index contributed by atoms with van der Waals surface area (Å²) in [7, 11) is 4.02. The summed E-state index contributed by atoms with van der Waals surface area (Å²) in [4.78, 5) is 10.9. The Morgan fingerprint density at radius 3 is 2.67 bits per heavy atom. The molecule has 0 aliphatic rings. The molecular formula is C11H20N4. The SMILES string of the molecule is CNCCCN(C)c1cnc(C)c(C)n1. The standard InChI is InChI=1S/C11H20N4/c1-9-10(2)14-11(8-13-9)15(4)7-5-6-12-3/h8,12H,5-7H2,1-4H3. The average Bonchev–Trinajstić information content (AvgIpc) is 2.22. The summed E-state index contributed by atoms with van der Waals surface area (Å²) < 4.78 is 0. The van der Waals surface area contributed by atoms with Gasteiger partial charge in [0, 0.05) is 13.6 Å². The molecule has 0 radical (unpaired) electrons. The van der Waals surface area contributed by atoms with E-state index >= 15 is 0 Å². The molecule has 15 heavy (non-hydrogen) atoms. The number of hydrogen-bond acceptors (Lipinski definition) is 4. The lowest BCUT2D eigenvalue weighted by Gasteiger charge is -2.18. The average molecular weight is 208 g/mol. The minimum atomic E-state index is 0.953. The maximum atomic E-state index is 4.49. The van der Waals surface area contributed by atoms with Gasteiger partial charge >= 0.3 is 0 Å². The molecule has 0 unspecified atom stereocenters. The second kappa shape index (κ2) is 5.66. The van der Waals surface area contributed by atoms with Crippen LogP contribution in [-0.4, -0.2) is 37.2 Å². The Bertz CT molecular complexity index is 311. The van der Waals surface area contributed by atoms with Crippen LogP contribution in [-0.2, 0) is 0 Å². The number of hydrogen-bond donors (Lipinski definition) is 1. The molecule has 0 saturated heterocycles. The third kappa shape index (κ3) is 3.47. The molecule has 0 fully saturated rings. The summed E-state index contributed by atoms with van der Waals surface area (Å²) in [6, 6.07) is 0. The van der Waals surface area contributed by atoms with Gasteiger partial charge in [-0.3, -0.25) is 4.98 Å². The third-order valence-corrected chi connectivity index (χ3v) is 2.49. The van der Waals surface area contributed by atoms with E-state index in [2.05, 4.69) is 27.2 Å². The second-order valence-electron chi connectivity index (χ2n) is 3.78. The van der Waals surface area contributed by atoms with E-state index in [1.165, 1.54) is 0 Å². The molecule has 84 valence electrons. The van der Waals surface area contributed by atoms with Gasteiger partial charge in [0.05, 0.1) is 17.6 Å². The molecule has 0 aromatic carbocycles. The molecule has 1 heterocycles. The highest BCUT2D eigenvalue weighted by molar-refractivity contribution is 5.36. The highest BCUT2D eigenvalue weighted by atomic mass is 15.2. The third-order valence-electron chi connectivity index (χ3n) is 2.49. The fourth-order valence-electron chi connectivity index (χ4n) is 1.32. The highest BCUT2D eigenvalue weighted by Gasteiger charge is 2.04. The fourth-order valence-corrected chi connectivity index (χ4v) is 1.32. The van der Waals surface area contributed by atoms with E-state index in [-0.39, 0.29) is 0 Å². The Hall–Kier alpha value is -1.16. The first-order valence-corrected chi connectivity index (χ1v) is 5.31. The summed E-state index contributed by atoms with van der Waals surface area (Å²) in [6.45, 7) is 6.00. The van der Waals surface area contributed by atoms with Gasteiger partial charge in [0.2, 0.25) is 0 Å². The monoisotopic (exact) mass is 208 g/mol. The lowest BCUT2D eigenvalue weighted by Crippen LogP contribution is -2.23. The van der Waals surface area contributed by atoms with E-state index in [1.807, 2.05) is 27.1 Å². The van der Waals surface area contributed by atoms with Crippen LogP contribution >= 0.6 is 0 Å². The van der Waals surface area contributed by atoms with Crippen LogP contribution in [0.4, 0.5) is 5.82 Å². The highest BCUT2D eigenvalue weighted by Crippen LogP contribution is 2.09. The molecule has 0 amide bonds. The van der Waals surface area contributed by atoms with Gasteiger partial charge in [-0.1, -0.05) is 0 Å². The van der Waals surface area contributed by atoms with Gasteiger partial charge < -0.3 is 10.2 Å². The van der Waals surface area contributed by atoms with Crippen molar-refractivity contribution in [3.8, 4) is 0 Å². The van der Waals surface area contributed by atoms with Crippen LogP contribution in [0.1, 0.15) is 17.8 Å². The topological polar surface area (TPSA) is 41.0 Å². The molecule has 4 heteroatoms. The molecule has 0 spiro atoms. The zero-order valence-corrected chi connectivity index (χ0v) is 10.0. The largest absolute Gasteiger partial charge is 0.358 e. The van der Waals surface area contributed by atoms with Crippen LogP contribution in [0.15, 0.2) is 6.20 Å². The Kier molecular flexibility index (Phi) is 4.49.